The van der Waals surface area contributed by atoms with Crippen molar-refractivity contribution in [3.8, 4) is 0 Å². The largest absolute Gasteiger partial charge is 0.421 e. The summed E-state index contributed by atoms with van der Waals surface area (Å²) in [5.41, 5.74) is 0. The lowest BCUT2D eigenvalue weighted by Crippen LogP contribution is -1.98. The molecule has 0 radical (unpaired) electrons. The molecule has 0 spiro atoms. The molecule has 0 aliphatic heterocycles. The molecule has 0 aromatic rings. The monoisotopic (exact) mass is 174 g/mol. The van der Waals surface area contributed by atoms with Crippen molar-refractivity contribution >= 4 is 23.7 Å². The zero-order valence-corrected chi connectivity index (χ0v) is 7.65. The molecular weight excluding hydrogens is 160 g/mol. The number of hydrogen-bond donors (Lipinski definition) is 0. The van der Waals surface area contributed by atoms with Crippen molar-refractivity contribution in [2.45, 2.75) is 39.0 Å². The van der Waals surface area contributed by atoms with Crippen molar-refractivity contribution in [1.29, 1.82) is 0 Å². The third-order valence-corrected chi connectivity index (χ3v) is 1.71. The Morgan fingerprint density at radius 3 is 2.73 bits per heavy atom. The van der Waals surface area contributed by atoms with Gasteiger partial charge in [0.25, 0.3) is 6.47 Å². The van der Waals surface area contributed by atoms with Gasteiger partial charge in [-0.3, -0.25) is 4.79 Å². The fraction of sp³-hybridized carbons (Fsp3) is 0.750. The number of unbranched alkanes of at least 4 members (excludes halogenated alkanes) is 3. The first-order chi connectivity index (χ1) is 5.31. The zero-order valence-electron chi connectivity index (χ0n) is 6.84. The number of carbonyl (C=O) groups excluding carboxylic acids is 1. The Morgan fingerprint density at radius 2 is 2.18 bits per heavy atom. The van der Waals surface area contributed by atoms with E-state index in [2.05, 4.69) is 11.7 Å². The minimum Gasteiger partial charge on any atom is -0.421 e. The highest BCUT2D eigenvalue weighted by Gasteiger charge is 1.95. The van der Waals surface area contributed by atoms with Crippen LogP contribution in [0.3, 0.4) is 0 Å². The summed E-state index contributed by atoms with van der Waals surface area (Å²) in [4.78, 5) is 9.79. The van der Waals surface area contributed by atoms with Crippen LogP contribution in [-0.2, 0) is 9.53 Å². The van der Waals surface area contributed by atoms with Gasteiger partial charge in [0, 0.05) is 6.42 Å². The Hall–Kier alpha value is -0.440. The summed E-state index contributed by atoms with van der Waals surface area (Å²) in [6, 6.07) is 0. The number of ether oxygens (including phenoxy) is 1. The van der Waals surface area contributed by atoms with Gasteiger partial charge in [-0.25, -0.2) is 0 Å². The molecule has 0 aromatic carbocycles. The zero-order chi connectivity index (χ0) is 8.53. The topological polar surface area (TPSA) is 26.3 Å². The van der Waals surface area contributed by atoms with Crippen LogP contribution in [0.15, 0.2) is 0 Å². The Labute approximate surface area is 72.9 Å². The lowest BCUT2D eigenvalue weighted by molar-refractivity contribution is -0.121. The van der Waals surface area contributed by atoms with Gasteiger partial charge in [0.05, 0.1) is 0 Å². The minimum atomic E-state index is 0.391. The average molecular weight is 174 g/mol. The summed E-state index contributed by atoms with van der Waals surface area (Å²) < 4.78 is 4.47. The molecule has 0 aliphatic rings. The molecular formula is C8H14O2S. The summed E-state index contributed by atoms with van der Waals surface area (Å²) >= 11 is 4.75. The van der Waals surface area contributed by atoms with Crippen molar-refractivity contribution in [3.05, 3.63) is 0 Å². The van der Waals surface area contributed by atoms with Crippen LogP contribution < -0.4 is 0 Å². The van der Waals surface area contributed by atoms with Crippen LogP contribution in [0.1, 0.15) is 39.0 Å². The van der Waals surface area contributed by atoms with E-state index in [1.807, 2.05) is 0 Å². The Kier molecular flexibility index (Phi) is 7.36. The van der Waals surface area contributed by atoms with Crippen molar-refractivity contribution in [1.82, 2.24) is 0 Å². The standard InChI is InChI=1S/C8H14O2S/c1-2-3-4-5-6-8(11)10-7-9/h7H,2-6H2,1H3. The predicted molar refractivity (Wildman–Crippen MR) is 48.5 cm³/mol. The van der Waals surface area contributed by atoms with Gasteiger partial charge in [0.15, 0.2) is 5.05 Å². The van der Waals surface area contributed by atoms with E-state index in [0.717, 1.165) is 12.8 Å². The molecule has 64 valence electrons. The fourth-order valence-corrected chi connectivity index (χ4v) is 0.992. The molecule has 2 nitrogen and oxygen atoms in total. The van der Waals surface area contributed by atoms with Crippen molar-refractivity contribution in [3.63, 3.8) is 0 Å². The quantitative estimate of drug-likeness (QED) is 0.351. The Bertz CT molecular complexity index is 123. The lowest BCUT2D eigenvalue weighted by atomic mass is 10.2. The minimum absolute atomic E-state index is 0.391. The molecule has 0 saturated heterocycles. The molecule has 0 N–H and O–H groups in total. The maximum atomic E-state index is 9.79. The van der Waals surface area contributed by atoms with E-state index in [-0.39, 0.29) is 0 Å². The summed E-state index contributed by atoms with van der Waals surface area (Å²) in [5, 5.41) is 0.413. The average Bonchev–Trinajstić information content (AvgIpc) is 1.99. The summed E-state index contributed by atoms with van der Waals surface area (Å²) in [5.74, 6) is 0. The van der Waals surface area contributed by atoms with E-state index in [1.54, 1.807) is 0 Å². The molecule has 3 heteroatoms. The second kappa shape index (κ2) is 7.66. The number of thiocarbonyl (C=S) groups is 1. The van der Waals surface area contributed by atoms with Crippen molar-refractivity contribution < 1.29 is 9.53 Å². The van der Waals surface area contributed by atoms with Crippen molar-refractivity contribution in [2.24, 2.45) is 0 Å². The van der Waals surface area contributed by atoms with Crippen LogP contribution in [0.4, 0.5) is 0 Å². The maximum Gasteiger partial charge on any atom is 0.298 e. The highest BCUT2D eigenvalue weighted by Crippen LogP contribution is 2.03. The van der Waals surface area contributed by atoms with Crippen LogP contribution in [0.5, 0.6) is 0 Å². The Balaban J connectivity index is 3.10. The van der Waals surface area contributed by atoms with Crippen LogP contribution in [0.2, 0.25) is 0 Å². The van der Waals surface area contributed by atoms with E-state index in [1.165, 1.54) is 19.3 Å². The van der Waals surface area contributed by atoms with Gasteiger partial charge in [-0.15, -0.1) is 0 Å². The second-order valence-electron chi connectivity index (χ2n) is 2.40. The van der Waals surface area contributed by atoms with E-state index >= 15 is 0 Å². The normalized spacial score (nSPS) is 9.18. The van der Waals surface area contributed by atoms with Gasteiger partial charge in [-0.05, 0) is 18.6 Å². The van der Waals surface area contributed by atoms with Crippen LogP contribution in [0, 0.1) is 0 Å². The first-order valence-corrected chi connectivity index (χ1v) is 4.35. The molecule has 0 fully saturated rings. The molecule has 0 heterocycles. The van der Waals surface area contributed by atoms with Gasteiger partial charge >= 0.3 is 0 Å². The van der Waals surface area contributed by atoms with E-state index < -0.39 is 0 Å². The molecule has 0 aromatic heterocycles. The van der Waals surface area contributed by atoms with Crippen LogP contribution in [0.25, 0.3) is 0 Å². The smallest absolute Gasteiger partial charge is 0.298 e. The van der Waals surface area contributed by atoms with Gasteiger partial charge in [-0.1, -0.05) is 26.2 Å². The van der Waals surface area contributed by atoms with Crippen LogP contribution in [-0.4, -0.2) is 11.5 Å². The van der Waals surface area contributed by atoms with Crippen molar-refractivity contribution in [2.75, 3.05) is 0 Å². The van der Waals surface area contributed by atoms with Gasteiger partial charge in [-0.2, -0.15) is 0 Å². The maximum absolute atomic E-state index is 9.79. The molecule has 0 bridgehead atoms. The summed E-state index contributed by atoms with van der Waals surface area (Å²) in [6.07, 6.45) is 5.36. The van der Waals surface area contributed by atoms with Gasteiger partial charge < -0.3 is 4.74 Å². The third-order valence-electron chi connectivity index (χ3n) is 1.41. The van der Waals surface area contributed by atoms with E-state index in [4.69, 9.17) is 12.2 Å². The molecule has 0 unspecified atom stereocenters. The lowest BCUT2D eigenvalue weighted by Gasteiger charge is -1.98. The van der Waals surface area contributed by atoms with E-state index in [0.29, 0.717) is 11.5 Å². The summed E-state index contributed by atoms with van der Waals surface area (Å²) in [7, 11) is 0. The molecule has 11 heavy (non-hydrogen) atoms. The summed E-state index contributed by atoms with van der Waals surface area (Å²) in [6.45, 7) is 2.54. The predicted octanol–water partition coefficient (Wildman–Crippen LogP) is 2.46. The highest BCUT2D eigenvalue weighted by molar-refractivity contribution is 7.80. The SMILES string of the molecule is CCCCCCC(=S)OC=O. The molecule has 0 rings (SSSR count). The second-order valence-corrected chi connectivity index (χ2v) is 2.85. The number of carbonyl (C=O) groups is 1. The first-order valence-electron chi connectivity index (χ1n) is 3.94. The molecule has 0 saturated carbocycles. The number of hydrogen-bond acceptors (Lipinski definition) is 3. The molecule has 0 aliphatic carbocycles. The molecule has 0 amide bonds. The first kappa shape index (κ1) is 10.6. The highest BCUT2D eigenvalue weighted by atomic mass is 32.1. The van der Waals surface area contributed by atoms with Gasteiger partial charge in [0.2, 0.25) is 0 Å². The van der Waals surface area contributed by atoms with Crippen LogP contribution >= 0.6 is 12.2 Å². The van der Waals surface area contributed by atoms with E-state index in [9.17, 15) is 4.79 Å². The van der Waals surface area contributed by atoms with Gasteiger partial charge in [0.1, 0.15) is 0 Å². The molecule has 0 atom stereocenters. The number of rotatable bonds is 6. The fourth-order valence-electron chi connectivity index (χ4n) is 0.809. The third kappa shape index (κ3) is 7.46. The Morgan fingerprint density at radius 1 is 1.45 bits per heavy atom.